The predicted molar refractivity (Wildman–Crippen MR) is 86.2 cm³/mol. The summed E-state index contributed by atoms with van der Waals surface area (Å²) in [6.07, 6.45) is 0. The van der Waals surface area contributed by atoms with Crippen LogP contribution in [0.5, 0.6) is 0 Å². The second-order valence-corrected chi connectivity index (χ2v) is 5.19. The van der Waals surface area contributed by atoms with E-state index in [2.05, 4.69) is 10.3 Å². The molecule has 0 aliphatic carbocycles. The number of rotatable bonds is 3. The van der Waals surface area contributed by atoms with E-state index in [4.69, 9.17) is 17.3 Å². The average Bonchev–Trinajstić information content (AvgIpc) is 2.93. The second-order valence-electron chi connectivity index (χ2n) is 4.78. The van der Waals surface area contributed by atoms with Crippen molar-refractivity contribution < 1.29 is 9.59 Å². The molecule has 0 aliphatic heterocycles. The Morgan fingerprint density at radius 3 is 2.45 bits per heavy atom. The molecule has 6 heteroatoms. The van der Waals surface area contributed by atoms with E-state index in [-0.39, 0.29) is 5.91 Å². The molecule has 1 aromatic heterocycles. The molecule has 0 unspecified atom stereocenters. The number of benzene rings is 2. The summed E-state index contributed by atoms with van der Waals surface area (Å²) in [7, 11) is 0. The van der Waals surface area contributed by atoms with Crippen LogP contribution in [0.2, 0.25) is 5.02 Å². The lowest BCUT2D eigenvalue weighted by Crippen LogP contribution is -2.13. The number of nitrogens with one attached hydrogen (secondary N) is 2. The maximum absolute atomic E-state index is 12.2. The summed E-state index contributed by atoms with van der Waals surface area (Å²) in [4.78, 5) is 26.2. The van der Waals surface area contributed by atoms with E-state index in [1.165, 1.54) is 0 Å². The summed E-state index contributed by atoms with van der Waals surface area (Å²) in [5.74, 6) is -0.803. The van der Waals surface area contributed by atoms with Crippen molar-refractivity contribution in [3.05, 3.63) is 64.8 Å². The van der Waals surface area contributed by atoms with Crippen LogP contribution in [0.1, 0.15) is 20.8 Å². The van der Waals surface area contributed by atoms with Gasteiger partial charge in [0.2, 0.25) is 5.91 Å². The number of fused-ring (bicyclic) bond motifs is 1. The molecule has 0 radical (unpaired) electrons. The number of halogens is 1. The second kappa shape index (κ2) is 5.54. The summed E-state index contributed by atoms with van der Waals surface area (Å²) in [6, 6.07) is 13.5. The lowest BCUT2D eigenvalue weighted by molar-refractivity contribution is 0.0998. The third kappa shape index (κ3) is 2.66. The summed E-state index contributed by atoms with van der Waals surface area (Å²) >= 11 is 6.08. The third-order valence-corrected chi connectivity index (χ3v) is 3.59. The molecule has 110 valence electrons. The highest BCUT2D eigenvalue weighted by Gasteiger charge is 2.11. The lowest BCUT2D eigenvalue weighted by Gasteiger charge is -2.04. The zero-order valence-electron chi connectivity index (χ0n) is 11.4. The third-order valence-electron chi connectivity index (χ3n) is 3.28. The van der Waals surface area contributed by atoms with Crippen LogP contribution in [0, 0.1) is 0 Å². The van der Waals surface area contributed by atoms with E-state index in [0.29, 0.717) is 22.0 Å². The van der Waals surface area contributed by atoms with Crippen molar-refractivity contribution in [2.24, 2.45) is 5.73 Å². The first-order valence-electron chi connectivity index (χ1n) is 6.53. The fraction of sp³-hybridized carbons (Fsp3) is 0. The first-order valence-corrected chi connectivity index (χ1v) is 6.91. The number of nitrogens with two attached hydrogens (primary N) is 1. The van der Waals surface area contributed by atoms with E-state index in [1.807, 2.05) is 12.1 Å². The Hall–Kier alpha value is -2.79. The fourth-order valence-electron chi connectivity index (χ4n) is 2.16. The largest absolute Gasteiger partial charge is 0.366 e. The number of anilines is 1. The fourth-order valence-corrected chi connectivity index (χ4v) is 2.39. The van der Waals surface area contributed by atoms with Crippen LogP contribution in [0.3, 0.4) is 0 Å². The van der Waals surface area contributed by atoms with E-state index in [0.717, 1.165) is 10.9 Å². The van der Waals surface area contributed by atoms with Crippen molar-refractivity contribution in [1.29, 1.82) is 0 Å². The molecular formula is C16H12ClN3O2. The summed E-state index contributed by atoms with van der Waals surface area (Å²) in [6.45, 7) is 0. The molecule has 2 aromatic carbocycles. The van der Waals surface area contributed by atoms with Gasteiger partial charge in [-0.25, -0.2) is 0 Å². The predicted octanol–water partition coefficient (Wildman–Crippen LogP) is 3.17. The molecule has 0 spiro atoms. The monoisotopic (exact) mass is 313 g/mol. The maximum atomic E-state index is 12.2. The Morgan fingerprint density at radius 2 is 1.82 bits per heavy atom. The first kappa shape index (κ1) is 14.2. The highest BCUT2D eigenvalue weighted by molar-refractivity contribution is 6.35. The minimum absolute atomic E-state index is 0.293. The van der Waals surface area contributed by atoms with Crippen molar-refractivity contribution in [2.45, 2.75) is 0 Å². The molecule has 0 aliphatic rings. The topological polar surface area (TPSA) is 88.0 Å². The van der Waals surface area contributed by atoms with E-state index in [9.17, 15) is 9.59 Å². The molecule has 3 aromatic rings. The summed E-state index contributed by atoms with van der Waals surface area (Å²) in [5.41, 5.74) is 7.25. The van der Waals surface area contributed by atoms with Gasteiger partial charge < -0.3 is 16.0 Å². The highest BCUT2D eigenvalue weighted by Crippen LogP contribution is 2.23. The molecule has 0 saturated carbocycles. The number of hydrogen-bond donors (Lipinski definition) is 3. The zero-order chi connectivity index (χ0) is 15.7. The van der Waals surface area contributed by atoms with Gasteiger partial charge in [0.1, 0.15) is 5.69 Å². The number of H-pyrrole nitrogens is 1. The van der Waals surface area contributed by atoms with Gasteiger partial charge >= 0.3 is 0 Å². The Bertz CT molecular complexity index is 869. The molecular weight excluding hydrogens is 302 g/mol. The van der Waals surface area contributed by atoms with Crippen LogP contribution >= 0.6 is 11.6 Å². The molecule has 2 amide bonds. The van der Waals surface area contributed by atoms with Gasteiger partial charge in [0.05, 0.1) is 10.5 Å². The van der Waals surface area contributed by atoms with Crippen molar-refractivity contribution in [3.8, 4) is 0 Å². The quantitative estimate of drug-likeness (QED) is 0.693. The summed E-state index contributed by atoms with van der Waals surface area (Å²) in [5, 5.41) is 4.16. The molecule has 4 N–H and O–H groups in total. The van der Waals surface area contributed by atoms with Gasteiger partial charge in [-0.1, -0.05) is 23.7 Å². The lowest BCUT2D eigenvalue weighted by atomic mass is 10.2. The van der Waals surface area contributed by atoms with Crippen LogP contribution in [0.25, 0.3) is 10.9 Å². The number of hydrogen-bond acceptors (Lipinski definition) is 2. The Balaban J connectivity index is 1.83. The van der Waals surface area contributed by atoms with Crippen LogP contribution in [-0.4, -0.2) is 16.8 Å². The van der Waals surface area contributed by atoms with Crippen molar-refractivity contribution in [3.63, 3.8) is 0 Å². The van der Waals surface area contributed by atoms with Crippen LogP contribution in [-0.2, 0) is 0 Å². The SMILES string of the molecule is NC(=O)c1ccc(NC(=O)c2cc3cccc(Cl)c3[nH]2)cc1. The standard InChI is InChI=1S/C16H12ClN3O2/c17-12-3-1-2-10-8-13(20-14(10)12)16(22)19-11-6-4-9(5-7-11)15(18)21/h1-8,20H,(H2,18,21)(H,19,22). The van der Waals surface area contributed by atoms with Crippen molar-refractivity contribution >= 4 is 40.0 Å². The Morgan fingerprint density at radius 1 is 1.09 bits per heavy atom. The first-order chi connectivity index (χ1) is 10.5. The maximum Gasteiger partial charge on any atom is 0.272 e. The summed E-state index contributed by atoms with van der Waals surface area (Å²) < 4.78 is 0. The van der Waals surface area contributed by atoms with Gasteiger partial charge in [-0.3, -0.25) is 9.59 Å². The average molecular weight is 314 g/mol. The molecule has 1 heterocycles. The molecule has 0 bridgehead atoms. The number of aromatic nitrogens is 1. The number of aromatic amines is 1. The van der Waals surface area contributed by atoms with Gasteiger partial charge in [-0.05, 0) is 36.4 Å². The number of carbonyl (C=O) groups is 2. The smallest absolute Gasteiger partial charge is 0.272 e. The number of amides is 2. The van der Waals surface area contributed by atoms with Gasteiger partial charge in [0.15, 0.2) is 0 Å². The molecule has 0 fully saturated rings. The normalized spacial score (nSPS) is 10.6. The van der Waals surface area contributed by atoms with E-state index < -0.39 is 5.91 Å². The van der Waals surface area contributed by atoms with Crippen molar-refractivity contribution in [1.82, 2.24) is 4.98 Å². The van der Waals surface area contributed by atoms with Gasteiger partial charge in [0.25, 0.3) is 5.91 Å². The molecule has 3 rings (SSSR count). The molecule has 0 atom stereocenters. The number of para-hydroxylation sites is 1. The minimum atomic E-state index is -0.511. The zero-order valence-corrected chi connectivity index (χ0v) is 12.1. The Labute approximate surface area is 131 Å². The van der Waals surface area contributed by atoms with Gasteiger partial charge in [-0.15, -0.1) is 0 Å². The molecule has 5 nitrogen and oxygen atoms in total. The molecule has 0 saturated heterocycles. The van der Waals surface area contributed by atoms with Crippen LogP contribution in [0.4, 0.5) is 5.69 Å². The van der Waals surface area contributed by atoms with E-state index in [1.54, 1.807) is 36.4 Å². The minimum Gasteiger partial charge on any atom is -0.366 e. The van der Waals surface area contributed by atoms with E-state index >= 15 is 0 Å². The van der Waals surface area contributed by atoms with Crippen molar-refractivity contribution in [2.75, 3.05) is 5.32 Å². The number of carbonyl (C=O) groups excluding carboxylic acids is 2. The highest BCUT2D eigenvalue weighted by atomic mass is 35.5. The van der Waals surface area contributed by atoms with Crippen LogP contribution in [0.15, 0.2) is 48.5 Å². The molecule has 22 heavy (non-hydrogen) atoms. The Kier molecular flexibility index (Phi) is 3.56. The van der Waals surface area contributed by atoms with Gasteiger partial charge in [-0.2, -0.15) is 0 Å². The number of primary amides is 1. The van der Waals surface area contributed by atoms with Gasteiger partial charge in [0, 0.05) is 16.6 Å². The van der Waals surface area contributed by atoms with Crippen LogP contribution < -0.4 is 11.1 Å².